The first kappa shape index (κ1) is 19.7. The molecule has 0 fully saturated rings. The molecule has 0 heterocycles. The van der Waals surface area contributed by atoms with Crippen molar-refractivity contribution in [2.75, 3.05) is 40.0 Å². The van der Waals surface area contributed by atoms with Crippen molar-refractivity contribution in [1.82, 2.24) is 10.6 Å². The second kappa shape index (κ2) is 12.2. The lowest BCUT2D eigenvalue weighted by Crippen LogP contribution is -2.38. The van der Waals surface area contributed by atoms with Gasteiger partial charge in [0.2, 0.25) is 0 Å². The Bertz CT molecular complexity index is 469. The molecule has 0 aliphatic rings. The third-order valence-corrected chi connectivity index (χ3v) is 3.46. The number of hydrogen-bond acceptors (Lipinski definition) is 3. The van der Waals surface area contributed by atoms with Crippen LogP contribution in [0.1, 0.15) is 31.9 Å². The Kier molecular flexibility index (Phi) is 10.4. The molecule has 2 N–H and O–H groups in total. The summed E-state index contributed by atoms with van der Waals surface area (Å²) in [6.45, 7) is 7.71. The van der Waals surface area contributed by atoms with Crippen LogP contribution >= 0.6 is 11.6 Å². The van der Waals surface area contributed by atoms with E-state index in [2.05, 4.69) is 15.6 Å². The Balaban J connectivity index is 2.56. The van der Waals surface area contributed by atoms with Crippen molar-refractivity contribution in [3.05, 3.63) is 34.9 Å². The fraction of sp³-hybridized carbons (Fsp3) is 0.588. The summed E-state index contributed by atoms with van der Waals surface area (Å²) in [5, 5.41) is 7.23. The van der Waals surface area contributed by atoms with Gasteiger partial charge in [-0.15, -0.1) is 0 Å². The molecule has 6 heteroatoms. The van der Waals surface area contributed by atoms with Crippen LogP contribution in [-0.4, -0.2) is 45.9 Å². The first-order valence-electron chi connectivity index (χ1n) is 8.09. The lowest BCUT2D eigenvalue weighted by Gasteiger charge is -2.16. The van der Waals surface area contributed by atoms with Gasteiger partial charge in [-0.2, -0.15) is 0 Å². The van der Waals surface area contributed by atoms with E-state index in [1.165, 1.54) is 0 Å². The summed E-state index contributed by atoms with van der Waals surface area (Å²) >= 11 is 6.04. The van der Waals surface area contributed by atoms with Crippen LogP contribution in [0.3, 0.4) is 0 Å². The topological polar surface area (TPSA) is 54.9 Å². The molecule has 0 saturated carbocycles. The molecule has 130 valence electrons. The van der Waals surface area contributed by atoms with Crippen molar-refractivity contribution in [3.63, 3.8) is 0 Å². The molecule has 1 aromatic rings. The Labute approximate surface area is 144 Å². The third kappa shape index (κ3) is 8.21. The Hall–Kier alpha value is -1.30. The van der Waals surface area contributed by atoms with Gasteiger partial charge in [0.15, 0.2) is 5.96 Å². The van der Waals surface area contributed by atoms with Crippen LogP contribution in [0.25, 0.3) is 0 Å². The van der Waals surface area contributed by atoms with Crippen molar-refractivity contribution >= 4 is 17.6 Å². The molecule has 1 atom stereocenters. The molecule has 0 spiro atoms. The number of aliphatic imine (C=N–C) groups is 1. The highest BCUT2D eigenvalue weighted by atomic mass is 35.5. The summed E-state index contributed by atoms with van der Waals surface area (Å²) in [4.78, 5) is 4.59. The number of ether oxygens (including phenoxy) is 2. The molecule has 0 aliphatic carbocycles. The molecular weight excluding hydrogens is 314 g/mol. The van der Waals surface area contributed by atoms with Crippen molar-refractivity contribution in [2.24, 2.45) is 4.99 Å². The Morgan fingerprint density at radius 2 is 2.13 bits per heavy atom. The number of rotatable bonds is 10. The van der Waals surface area contributed by atoms with E-state index in [1.807, 2.05) is 38.1 Å². The van der Waals surface area contributed by atoms with Gasteiger partial charge in [-0.3, -0.25) is 4.99 Å². The van der Waals surface area contributed by atoms with Gasteiger partial charge >= 0.3 is 0 Å². The SMILES string of the molecule is CCNC(=NCC(OC)c1cccc(Cl)c1)NCCCOCC. The van der Waals surface area contributed by atoms with E-state index in [0.717, 1.165) is 44.2 Å². The van der Waals surface area contributed by atoms with Gasteiger partial charge in [-0.25, -0.2) is 0 Å². The van der Waals surface area contributed by atoms with Crippen LogP contribution < -0.4 is 10.6 Å². The molecule has 0 saturated heterocycles. The molecule has 0 radical (unpaired) electrons. The summed E-state index contributed by atoms with van der Waals surface area (Å²) in [5.74, 6) is 0.785. The first-order valence-corrected chi connectivity index (χ1v) is 8.47. The average Bonchev–Trinajstić information content (AvgIpc) is 2.55. The highest BCUT2D eigenvalue weighted by Gasteiger charge is 2.10. The number of guanidine groups is 1. The minimum atomic E-state index is -0.118. The highest BCUT2D eigenvalue weighted by molar-refractivity contribution is 6.30. The number of halogens is 1. The fourth-order valence-corrected chi connectivity index (χ4v) is 2.26. The van der Waals surface area contributed by atoms with Crippen LogP contribution in [0.4, 0.5) is 0 Å². The van der Waals surface area contributed by atoms with E-state index in [0.29, 0.717) is 11.6 Å². The summed E-state index contributed by atoms with van der Waals surface area (Å²) < 4.78 is 10.9. The lowest BCUT2D eigenvalue weighted by molar-refractivity contribution is 0.111. The third-order valence-electron chi connectivity index (χ3n) is 3.23. The first-order chi connectivity index (χ1) is 11.2. The minimum absolute atomic E-state index is 0.118. The molecule has 0 amide bonds. The zero-order chi connectivity index (χ0) is 16.9. The summed E-state index contributed by atoms with van der Waals surface area (Å²) in [6.07, 6.45) is 0.827. The maximum absolute atomic E-state index is 6.04. The van der Waals surface area contributed by atoms with Gasteiger partial charge in [0.05, 0.1) is 6.54 Å². The number of nitrogens with one attached hydrogen (secondary N) is 2. The molecule has 1 rings (SSSR count). The second-order valence-corrected chi connectivity index (χ2v) is 5.41. The fourth-order valence-electron chi connectivity index (χ4n) is 2.06. The predicted octanol–water partition coefficient (Wildman–Crippen LogP) is 3.01. The van der Waals surface area contributed by atoms with Crippen molar-refractivity contribution in [2.45, 2.75) is 26.4 Å². The smallest absolute Gasteiger partial charge is 0.191 e. The quantitative estimate of drug-likeness (QED) is 0.390. The van der Waals surface area contributed by atoms with Crippen molar-refractivity contribution < 1.29 is 9.47 Å². The van der Waals surface area contributed by atoms with Crippen LogP contribution in [-0.2, 0) is 9.47 Å². The molecule has 0 bridgehead atoms. The maximum Gasteiger partial charge on any atom is 0.191 e. The molecule has 5 nitrogen and oxygen atoms in total. The standard InChI is InChI=1S/C17H28ClN3O2/c1-4-19-17(20-10-7-11-23-5-2)21-13-16(22-3)14-8-6-9-15(18)12-14/h6,8-9,12,16H,4-5,7,10-11,13H2,1-3H3,(H2,19,20,21). The normalized spacial score (nSPS) is 13.0. The van der Waals surface area contributed by atoms with Crippen LogP contribution in [0, 0.1) is 0 Å². The van der Waals surface area contributed by atoms with E-state index >= 15 is 0 Å². The molecule has 0 aliphatic heterocycles. The summed E-state index contributed by atoms with van der Waals surface area (Å²) in [5.41, 5.74) is 1.02. The van der Waals surface area contributed by atoms with E-state index in [4.69, 9.17) is 21.1 Å². The number of methoxy groups -OCH3 is 1. The monoisotopic (exact) mass is 341 g/mol. The van der Waals surface area contributed by atoms with Crippen LogP contribution in [0.5, 0.6) is 0 Å². The molecular formula is C17H28ClN3O2. The minimum Gasteiger partial charge on any atom is -0.382 e. The molecule has 1 aromatic carbocycles. The predicted molar refractivity (Wildman–Crippen MR) is 96.3 cm³/mol. The zero-order valence-electron chi connectivity index (χ0n) is 14.3. The maximum atomic E-state index is 6.04. The van der Waals surface area contributed by atoms with Crippen molar-refractivity contribution in [3.8, 4) is 0 Å². The number of hydrogen-bond donors (Lipinski definition) is 2. The van der Waals surface area contributed by atoms with E-state index in [1.54, 1.807) is 7.11 Å². The van der Waals surface area contributed by atoms with Gasteiger partial charge in [-0.05, 0) is 38.0 Å². The lowest BCUT2D eigenvalue weighted by atomic mass is 10.1. The highest BCUT2D eigenvalue weighted by Crippen LogP contribution is 2.20. The van der Waals surface area contributed by atoms with Gasteiger partial charge in [0.25, 0.3) is 0 Å². The van der Waals surface area contributed by atoms with Gasteiger partial charge in [0.1, 0.15) is 6.10 Å². The van der Waals surface area contributed by atoms with Crippen LogP contribution in [0.15, 0.2) is 29.3 Å². The summed E-state index contributed by atoms with van der Waals surface area (Å²) in [7, 11) is 1.68. The van der Waals surface area contributed by atoms with E-state index in [-0.39, 0.29) is 6.10 Å². The second-order valence-electron chi connectivity index (χ2n) is 4.98. The molecule has 0 aromatic heterocycles. The summed E-state index contributed by atoms with van der Waals surface area (Å²) in [6, 6.07) is 7.68. The zero-order valence-corrected chi connectivity index (χ0v) is 15.0. The Morgan fingerprint density at radius 3 is 2.78 bits per heavy atom. The number of benzene rings is 1. The van der Waals surface area contributed by atoms with Crippen molar-refractivity contribution in [1.29, 1.82) is 0 Å². The largest absolute Gasteiger partial charge is 0.382 e. The van der Waals surface area contributed by atoms with E-state index in [9.17, 15) is 0 Å². The van der Waals surface area contributed by atoms with Gasteiger partial charge < -0.3 is 20.1 Å². The van der Waals surface area contributed by atoms with E-state index < -0.39 is 0 Å². The molecule has 1 unspecified atom stereocenters. The molecule has 23 heavy (non-hydrogen) atoms. The number of nitrogens with zero attached hydrogens (tertiary/aromatic N) is 1. The average molecular weight is 342 g/mol. The van der Waals surface area contributed by atoms with Gasteiger partial charge in [0, 0.05) is 38.4 Å². The van der Waals surface area contributed by atoms with Crippen LogP contribution in [0.2, 0.25) is 5.02 Å². The Morgan fingerprint density at radius 1 is 1.30 bits per heavy atom. The van der Waals surface area contributed by atoms with Gasteiger partial charge in [-0.1, -0.05) is 23.7 Å².